The van der Waals surface area contributed by atoms with Gasteiger partial charge in [0.2, 0.25) is 0 Å². The minimum Gasteiger partial charge on any atom is -0.298 e. The van der Waals surface area contributed by atoms with Crippen LogP contribution in [0.15, 0.2) is 48.8 Å². The molecule has 2 nitrogen and oxygen atoms in total. The molecule has 0 bridgehead atoms. The normalized spacial score (nSPS) is 10.8. The Hall–Kier alpha value is -1.67. The molecule has 0 saturated heterocycles. The lowest BCUT2D eigenvalue weighted by molar-refractivity contribution is 0.318. The average Bonchev–Trinajstić information content (AvgIpc) is 2.33. The van der Waals surface area contributed by atoms with Crippen molar-refractivity contribution in [2.45, 2.75) is 20.0 Å². The second-order valence-electron chi connectivity index (χ2n) is 4.46. The van der Waals surface area contributed by atoms with Crippen LogP contribution in [0.3, 0.4) is 0 Å². The highest BCUT2D eigenvalue weighted by Crippen LogP contribution is 2.11. The van der Waals surface area contributed by atoms with Crippen LogP contribution in [-0.4, -0.2) is 16.9 Å². The van der Waals surface area contributed by atoms with Crippen LogP contribution < -0.4 is 0 Å². The van der Waals surface area contributed by atoms with E-state index in [2.05, 4.69) is 54.2 Å². The molecule has 0 unspecified atom stereocenters. The minimum atomic E-state index is 0.933. The molecule has 0 aliphatic carbocycles. The van der Waals surface area contributed by atoms with E-state index in [1.807, 2.05) is 18.5 Å². The first-order valence-corrected chi connectivity index (χ1v) is 5.87. The van der Waals surface area contributed by atoms with Gasteiger partial charge in [0, 0.05) is 25.5 Å². The monoisotopic (exact) mass is 226 g/mol. The highest BCUT2D eigenvalue weighted by Gasteiger charge is 2.03. The molecule has 0 radical (unpaired) electrons. The lowest BCUT2D eigenvalue weighted by Gasteiger charge is -2.17. The van der Waals surface area contributed by atoms with E-state index in [1.165, 1.54) is 16.7 Å². The predicted molar refractivity (Wildman–Crippen MR) is 70.6 cm³/mol. The van der Waals surface area contributed by atoms with Crippen LogP contribution in [0.25, 0.3) is 0 Å². The van der Waals surface area contributed by atoms with Gasteiger partial charge in [0.25, 0.3) is 0 Å². The topological polar surface area (TPSA) is 16.1 Å². The zero-order valence-corrected chi connectivity index (χ0v) is 10.4. The summed E-state index contributed by atoms with van der Waals surface area (Å²) in [6.45, 7) is 4.07. The van der Waals surface area contributed by atoms with Crippen molar-refractivity contribution in [3.05, 3.63) is 65.5 Å². The maximum absolute atomic E-state index is 4.14. The molecule has 1 aromatic heterocycles. The van der Waals surface area contributed by atoms with Crippen LogP contribution in [0.4, 0.5) is 0 Å². The lowest BCUT2D eigenvalue weighted by atomic mass is 10.1. The largest absolute Gasteiger partial charge is 0.298 e. The van der Waals surface area contributed by atoms with Crippen LogP contribution in [0.5, 0.6) is 0 Å². The molecule has 0 aliphatic rings. The number of nitrogens with zero attached hydrogens (tertiary/aromatic N) is 2. The second kappa shape index (κ2) is 5.60. The minimum absolute atomic E-state index is 0.933. The van der Waals surface area contributed by atoms with Crippen LogP contribution in [0, 0.1) is 6.92 Å². The summed E-state index contributed by atoms with van der Waals surface area (Å²) in [6, 6.07) is 12.6. The van der Waals surface area contributed by atoms with Gasteiger partial charge in [-0.25, -0.2) is 0 Å². The standard InChI is InChI=1S/C15H18N2/c1-13-6-3-4-8-15(13)12-17(2)11-14-7-5-9-16-10-14/h3-10H,11-12H2,1-2H3. The van der Waals surface area contributed by atoms with Crippen molar-refractivity contribution in [2.75, 3.05) is 7.05 Å². The molecule has 0 fully saturated rings. The van der Waals surface area contributed by atoms with E-state index < -0.39 is 0 Å². The van der Waals surface area contributed by atoms with Crippen molar-refractivity contribution in [3.63, 3.8) is 0 Å². The van der Waals surface area contributed by atoms with Crippen molar-refractivity contribution in [3.8, 4) is 0 Å². The molecule has 0 amide bonds. The summed E-state index contributed by atoms with van der Waals surface area (Å²) in [5.74, 6) is 0. The summed E-state index contributed by atoms with van der Waals surface area (Å²) in [5.41, 5.74) is 3.99. The summed E-state index contributed by atoms with van der Waals surface area (Å²) in [4.78, 5) is 6.44. The van der Waals surface area contributed by atoms with Gasteiger partial charge in [0.15, 0.2) is 0 Å². The van der Waals surface area contributed by atoms with Crippen LogP contribution in [0.2, 0.25) is 0 Å². The first kappa shape index (κ1) is 11.8. The van der Waals surface area contributed by atoms with Gasteiger partial charge < -0.3 is 0 Å². The first-order chi connectivity index (χ1) is 8.25. The van der Waals surface area contributed by atoms with E-state index in [-0.39, 0.29) is 0 Å². The quantitative estimate of drug-likeness (QED) is 0.796. The molecule has 0 spiro atoms. The number of pyridine rings is 1. The maximum Gasteiger partial charge on any atom is 0.0312 e. The summed E-state index contributed by atoms with van der Waals surface area (Å²) in [7, 11) is 2.14. The number of rotatable bonds is 4. The number of hydrogen-bond acceptors (Lipinski definition) is 2. The number of aromatic nitrogens is 1. The molecule has 2 aromatic rings. The van der Waals surface area contributed by atoms with Crippen molar-refractivity contribution < 1.29 is 0 Å². The van der Waals surface area contributed by atoms with Gasteiger partial charge in [-0.15, -0.1) is 0 Å². The Morgan fingerprint density at radius 1 is 1.06 bits per heavy atom. The molecule has 17 heavy (non-hydrogen) atoms. The molecule has 0 aliphatic heterocycles. The summed E-state index contributed by atoms with van der Waals surface area (Å²) < 4.78 is 0. The summed E-state index contributed by atoms with van der Waals surface area (Å²) in [5, 5.41) is 0. The van der Waals surface area contributed by atoms with Crippen LogP contribution in [-0.2, 0) is 13.1 Å². The van der Waals surface area contributed by atoms with E-state index in [1.54, 1.807) is 0 Å². The Balaban J connectivity index is 1.98. The third-order valence-corrected chi connectivity index (χ3v) is 2.88. The fourth-order valence-corrected chi connectivity index (χ4v) is 1.94. The van der Waals surface area contributed by atoms with E-state index >= 15 is 0 Å². The predicted octanol–water partition coefficient (Wildman–Crippen LogP) is 3.02. The van der Waals surface area contributed by atoms with E-state index in [4.69, 9.17) is 0 Å². The second-order valence-corrected chi connectivity index (χ2v) is 4.46. The van der Waals surface area contributed by atoms with Gasteiger partial charge in [-0.2, -0.15) is 0 Å². The number of aryl methyl sites for hydroxylation is 1. The van der Waals surface area contributed by atoms with E-state index in [0.717, 1.165) is 13.1 Å². The Bertz CT molecular complexity index is 465. The molecule has 2 rings (SSSR count). The molecule has 2 heteroatoms. The van der Waals surface area contributed by atoms with Crippen molar-refractivity contribution in [2.24, 2.45) is 0 Å². The fraction of sp³-hybridized carbons (Fsp3) is 0.267. The zero-order valence-electron chi connectivity index (χ0n) is 10.4. The lowest BCUT2D eigenvalue weighted by Crippen LogP contribution is -2.17. The van der Waals surface area contributed by atoms with Crippen molar-refractivity contribution in [1.82, 2.24) is 9.88 Å². The van der Waals surface area contributed by atoms with Gasteiger partial charge in [-0.05, 0) is 36.7 Å². The Morgan fingerprint density at radius 3 is 2.59 bits per heavy atom. The molecule has 0 N–H and O–H groups in total. The van der Waals surface area contributed by atoms with Crippen LogP contribution in [0.1, 0.15) is 16.7 Å². The zero-order chi connectivity index (χ0) is 12.1. The van der Waals surface area contributed by atoms with Gasteiger partial charge in [0.1, 0.15) is 0 Å². The SMILES string of the molecule is Cc1ccccc1CN(C)Cc1cccnc1. The third kappa shape index (κ3) is 3.40. The number of benzene rings is 1. The van der Waals surface area contributed by atoms with Gasteiger partial charge in [-0.3, -0.25) is 9.88 Å². The Morgan fingerprint density at radius 2 is 1.88 bits per heavy atom. The maximum atomic E-state index is 4.14. The molecular weight excluding hydrogens is 208 g/mol. The first-order valence-electron chi connectivity index (χ1n) is 5.87. The third-order valence-electron chi connectivity index (χ3n) is 2.88. The number of hydrogen-bond donors (Lipinski definition) is 0. The van der Waals surface area contributed by atoms with Gasteiger partial charge in [0.05, 0.1) is 0 Å². The Labute approximate surface area is 103 Å². The van der Waals surface area contributed by atoms with Crippen molar-refractivity contribution >= 4 is 0 Å². The molecular formula is C15H18N2. The molecule has 0 atom stereocenters. The van der Waals surface area contributed by atoms with Crippen LogP contribution >= 0.6 is 0 Å². The fourth-order valence-electron chi connectivity index (χ4n) is 1.94. The van der Waals surface area contributed by atoms with E-state index in [9.17, 15) is 0 Å². The van der Waals surface area contributed by atoms with Crippen molar-refractivity contribution in [1.29, 1.82) is 0 Å². The Kier molecular flexibility index (Phi) is 3.89. The highest BCUT2D eigenvalue weighted by molar-refractivity contribution is 5.25. The average molecular weight is 226 g/mol. The van der Waals surface area contributed by atoms with E-state index in [0.29, 0.717) is 0 Å². The van der Waals surface area contributed by atoms with Gasteiger partial charge in [-0.1, -0.05) is 30.3 Å². The molecule has 1 heterocycles. The summed E-state index contributed by atoms with van der Waals surface area (Å²) in [6.07, 6.45) is 3.74. The van der Waals surface area contributed by atoms with Gasteiger partial charge >= 0.3 is 0 Å². The summed E-state index contributed by atoms with van der Waals surface area (Å²) >= 11 is 0. The molecule has 0 saturated carbocycles. The smallest absolute Gasteiger partial charge is 0.0312 e. The molecule has 1 aromatic carbocycles. The molecule has 88 valence electrons. The highest BCUT2D eigenvalue weighted by atomic mass is 15.1.